The smallest absolute Gasteiger partial charge is 0.258 e. The van der Waals surface area contributed by atoms with E-state index in [0.29, 0.717) is 22.8 Å². The van der Waals surface area contributed by atoms with Crippen LogP contribution in [0.15, 0.2) is 21.3 Å². The lowest BCUT2D eigenvalue weighted by Crippen LogP contribution is -2.23. The molecule has 0 aliphatic carbocycles. The maximum absolute atomic E-state index is 12.1. The van der Waals surface area contributed by atoms with Gasteiger partial charge >= 0.3 is 0 Å². The molecule has 0 aliphatic rings. The summed E-state index contributed by atoms with van der Waals surface area (Å²) in [5, 5.41) is 14.3. The summed E-state index contributed by atoms with van der Waals surface area (Å²) in [6.45, 7) is 1.83. The van der Waals surface area contributed by atoms with Crippen molar-refractivity contribution < 1.29 is 18.6 Å². The van der Waals surface area contributed by atoms with E-state index >= 15 is 0 Å². The average Bonchev–Trinajstić information content (AvgIpc) is 3.23. The Bertz CT molecular complexity index is 833. The minimum Gasteiger partial charge on any atom is -0.479 e. The molecule has 120 valence electrons. The van der Waals surface area contributed by atoms with Crippen molar-refractivity contribution in [3.8, 4) is 17.4 Å². The van der Waals surface area contributed by atoms with Crippen LogP contribution in [-0.4, -0.2) is 38.1 Å². The molecule has 0 unspecified atom stereocenters. The lowest BCUT2D eigenvalue weighted by Gasteiger charge is -2.01. The van der Waals surface area contributed by atoms with Crippen molar-refractivity contribution in [3.05, 3.63) is 29.5 Å². The van der Waals surface area contributed by atoms with E-state index in [0.717, 1.165) is 0 Å². The minimum atomic E-state index is -0.355. The SMILES string of the molecule is COc1nn(C)cc1C(=O)NCc1nc(-c2cc(C)on2)no1. The molecule has 0 saturated heterocycles. The zero-order chi connectivity index (χ0) is 16.4. The number of aryl methyl sites for hydroxylation is 2. The third-order valence-electron chi connectivity index (χ3n) is 2.96. The first-order chi connectivity index (χ1) is 11.1. The number of hydrogen-bond donors (Lipinski definition) is 1. The van der Waals surface area contributed by atoms with E-state index in [-0.39, 0.29) is 24.2 Å². The summed E-state index contributed by atoms with van der Waals surface area (Å²) in [5.41, 5.74) is 0.791. The number of rotatable bonds is 5. The molecule has 0 fully saturated rings. The molecular weight excluding hydrogens is 304 g/mol. The summed E-state index contributed by atoms with van der Waals surface area (Å²) >= 11 is 0. The van der Waals surface area contributed by atoms with E-state index in [9.17, 15) is 4.79 Å². The van der Waals surface area contributed by atoms with Gasteiger partial charge in [0.05, 0.1) is 13.7 Å². The number of amides is 1. The van der Waals surface area contributed by atoms with Gasteiger partial charge in [-0.25, -0.2) is 0 Å². The van der Waals surface area contributed by atoms with E-state index in [4.69, 9.17) is 13.8 Å². The molecule has 3 aromatic heterocycles. The van der Waals surface area contributed by atoms with E-state index < -0.39 is 0 Å². The quantitative estimate of drug-likeness (QED) is 0.730. The van der Waals surface area contributed by atoms with Crippen molar-refractivity contribution in [1.82, 2.24) is 30.4 Å². The largest absolute Gasteiger partial charge is 0.479 e. The molecule has 3 rings (SSSR count). The summed E-state index contributed by atoms with van der Waals surface area (Å²) < 4.78 is 16.5. The highest BCUT2D eigenvalue weighted by molar-refractivity contribution is 5.96. The van der Waals surface area contributed by atoms with Crippen LogP contribution in [0.1, 0.15) is 22.0 Å². The van der Waals surface area contributed by atoms with Gasteiger partial charge in [-0.2, -0.15) is 4.98 Å². The van der Waals surface area contributed by atoms with Crippen LogP contribution >= 0.6 is 0 Å². The Morgan fingerprint density at radius 2 is 2.22 bits per heavy atom. The maximum atomic E-state index is 12.1. The van der Waals surface area contributed by atoms with E-state index in [1.165, 1.54) is 11.8 Å². The monoisotopic (exact) mass is 318 g/mol. The van der Waals surface area contributed by atoms with Crippen LogP contribution in [0.3, 0.4) is 0 Å². The summed E-state index contributed by atoms with van der Waals surface area (Å²) in [7, 11) is 3.15. The summed E-state index contributed by atoms with van der Waals surface area (Å²) in [4.78, 5) is 16.3. The van der Waals surface area contributed by atoms with Gasteiger partial charge in [-0.15, -0.1) is 5.10 Å². The van der Waals surface area contributed by atoms with E-state index in [2.05, 4.69) is 25.7 Å². The van der Waals surface area contributed by atoms with E-state index in [1.54, 1.807) is 26.2 Å². The second kappa shape index (κ2) is 5.91. The van der Waals surface area contributed by atoms with Gasteiger partial charge in [0.15, 0.2) is 5.69 Å². The molecule has 10 nitrogen and oxygen atoms in total. The van der Waals surface area contributed by atoms with Crippen molar-refractivity contribution in [1.29, 1.82) is 0 Å². The molecule has 3 heterocycles. The molecule has 0 aromatic carbocycles. The van der Waals surface area contributed by atoms with Gasteiger partial charge in [-0.05, 0) is 6.92 Å². The van der Waals surface area contributed by atoms with Gasteiger partial charge in [0.25, 0.3) is 5.91 Å². The first-order valence-electron chi connectivity index (χ1n) is 6.69. The van der Waals surface area contributed by atoms with Gasteiger partial charge in [-0.1, -0.05) is 10.3 Å². The van der Waals surface area contributed by atoms with Crippen LogP contribution in [0.4, 0.5) is 0 Å². The topological polar surface area (TPSA) is 121 Å². The number of nitrogens with zero attached hydrogens (tertiary/aromatic N) is 5. The fourth-order valence-electron chi connectivity index (χ4n) is 1.93. The van der Waals surface area contributed by atoms with Gasteiger partial charge < -0.3 is 19.1 Å². The van der Waals surface area contributed by atoms with Crippen molar-refractivity contribution >= 4 is 5.91 Å². The maximum Gasteiger partial charge on any atom is 0.258 e. The van der Waals surface area contributed by atoms with Crippen LogP contribution in [-0.2, 0) is 13.6 Å². The van der Waals surface area contributed by atoms with Crippen LogP contribution < -0.4 is 10.1 Å². The molecule has 0 aliphatic heterocycles. The summed E-state index contributed by atoms with van der Waals surface area (Å²) in [6.07, 6.45) is 1.56. The Balaban J connectivity index is 1.66. The number of nitrogens with one attached hydrogen (secondary N) is 1. The standard InChI is InChI=1S/C13H14N6O4/c1-7-4-9(17-22-7)11-15-10(23-18-11)5-14-12(20)8-6-19(2)16-13(8)21-3/h4,6H,5H2,1-3H3,(H,14,20). The Morgan fingerprint density at radius 3 is 2.91 bits per heavy atom. The molecular formula is C13H14N6O4. The third kappa shape index (κ3) is 3.05. The first-order valence-corrected chi connectivity index (χ1v) is 6.69. The fraction of sp³-hybridized carbons (Fsp3) is 0.308. The molecule has 10 heteroatoms. The first kappa shape index (κ1) is 14.8. The Hall–Kier alpha value is -3.17. The molecule has 23 heavy (non-hydrogen) atoms. The summed E-state index contributed by atoms with van der Waals surface area (Å²) in [6, 6.07) is 1.69. The predicted octanol–water partition coefficient (Wildman–Crippen LogP) is 0.705. The van der Waals surface area contributed by atoms with Crippen molar-refractivity contribution in [2.24, 2.45) is 7.05 Å². The molecule has 0 atom stereocenters. The molecule has 3 aromatic rings. The van der Waals surface area contributed by atoms with Gasteiger partial charge in [-0.3, -0.25) is 9.48 Å². The van der Waals surface area contributed by atoms with Gasteiger partial charge in [0.2, 0.25) is 17.6 Å². The average molecular weight is 318 g/mol. The van der Waals surface area contributed by atoms with E-state index in [1.807, 2.05) is 0 Å². The molecule has 0 saturated carbocycles. The number of hydrogen-bond acceptors (Lipinski definition) is 8. The highest BCUT2D eigenvalue weighted by Gasteiger charge is 2.18. The van der Waals surface area contributed by atoms with Crippen LogP contribution in [0.5, 0.6) is 5.88 Å². The van der Waals surface area contributed by atoms with Gasteiger partial charge in [0.1, 0.15) is 11.3 Å². The number of carbonyl (C=O) groups is 1. The van der Waals surface area contributed by atoms with Crippen molar-refractivity contribution in [2.45, 2.75) is 13.5 Å². The second-order valence-electron chi connectivity index (χ2n) is 4.74. The molecule has 0 spiro atoms. The van der Waals surface area contributed by atoms with Crippen LogP contribution in [0.25, 0.3) is 11.5 Å². The highest BCUT2D eigenvalue weighted by atomic mass is 16.5. The fourth-order valence-corrected chi connectivity index (χ4v) is 1.93. The zero-order valence-electron chi connectivity index (χ0n) is 12.7. The molecule has 1 amide bonds. The van der Waals surface area contributed by atoms with Crippen molar-refractivity contribution in [2.75, 3.05) is 7.11 Å². The third-order valence-corrected chi connectivity index (χ3v) is 2.96. The zero-order valence-corrected chi connectivity index (χ0v) is 12.7. The predicted molar refractivity (Wildman–Crippen MR) is 75.5 cm³/mol. The Morgan fingerprint density at radius 1 is 1.39 bits per heavy atom. The molecule has 1 N–H and O–H groups in total. The van der Waals surface area contributed by atoms with Crippen LogP contribution in [0, 0.1) is 6.92 Å². The number of ether oxygens (including phenoxy) is 1. The minimum absolute atomic E-state index is 0.0702. The summed E-state index contributed by atoms with van der Waals surface area (Å²) in [5.74, 6) is 1.08. The lowest BCUT2D eigenvalue weighted by molar-refractivity contribution is 0.0943. The van der Waals surface area contributed by atoms with Crippen LogP contribution in [0.2, 0.25) is 0 Å². The molecule has 0 bridgehead atoms. The normalized spacial score (nSPS) is 10.7. The number of carbonyl (C=O) groups excluding carboxylic acids is 1. The number of methoxy groups -OCH3 is 1. The molecule has 0 radical (unpaired) electrons. The van der Waals surface area contributed by atoms with Crippen molar-refractivity contribution in [3.63, 3.8) is 0 Å². The second-order valence-corrected chi connectivity index (χ2v) is 4.74. The Kier molecular flexibility index (Phi) is 3.79. The van der Waals surface area contributed by atoms with Gasteiger partial charge in [0, 0.05) is 19.3 Å². The highest BCUT2D eigenvalue weighted by Crippen LogP contribution is 2.16. The Labute approximate surface area is 130 Å². The lowest BCUT2D eigenvalue weighted by atomic mass is 10.3. The number of aromatic nitrogens is 5.